The molecular weight excluding hydrogens is 208 g/mol. The Kier molecular flexibility index (Phi) is 3.96. The van der Waals surface area contributed by atoms with Gasteiger partial charge in [-0.2, -0.15) is 0 Å². The van der Waals surface area contributed by atoms with E-state index in [1.54, 1.807) is 6.20 Å². The van der Waals surface area contributed by atoms with Crippen LogP contribution in [0.4, 0.5) is 5.95 Å². The molecule has 0 saturated carbocycles. The van der Waals surface area contributed by atoms with Crippen LogP contribution in [0, 0.1) is 12.8 Å². The molecule has 0 amide bonds. The lowest BCUT2D eigenvalue weighted by Crippen LogP contribution is -2.32. The molecule has 0 aromatic carbocycles. The normalized spacial score (nSPS) is 12.2. The summed E-state index contributed by atoms with van der Waals surface area (Å²) in [6, 6.07) is 1.87. The fraction of sp³-hybridized carbons (Fsp3) is 0.500. The molecule has 2 N–H and O–H groups in total. The van der Waals surface area contributed by atoms with Gasteiger partial charge >= 0.3 is 0 Å². The maximum atomic E-state index is 5.56. The van der Waals surface area contributed by atoms with Crippen LogP contribution in [0.25, 0.3) is 0 Å². The van der Waals surface area contributed by atoms with E-state index in [1.165, 1.54) is 0 Å². The van der Waals surface area contributed by atoms with Gasteiger partial charge in [0, 0.05) is 31.4 Å². The van der Waals surface area contributed by atoms with E-state index < -0.39 is 0 Å². The van der Waals surface area contributed by atoms with Crippen LogP contribution in [0.3, 0.4) is 0 Å². The van der Waals surface area contributed by atoms with E-state index in [0.717, 1.165) is 12.2 Å². The predicted octanol–water partition coefficient (Wildman–Crippen LogP) is 1.14. The highest BCUT2D eigenvalue weighted by Gasteiger charge is 2.11. The predicted molar refractivity (Wildman–Crippen MR) is 66.0 cm³/mol. The minimum Gasteiger partial charge on any atom is -0.393 e. The topological polar surface area (TPSA) is 55.0 Å². The van der Waals surface area contributed by atoms with Crippen molar-refractivity contribution in [2.75, 3.05) is 18.5 Å². The summed E-state index contributed by atoms with van der Waals surface area (Å²) in [4.78, 5) is 11.0. The molecule has 1 aromatic rings. The lowest BCUT2D eigenvalue weighted by Gasteiger charge is -2.20. The van der Waals surface area contributed by atoms with Gasteiger partial charge in [0.15, 0.2) is 0 Å². The zero-order chi connectivity index (χ0) is 11.4. The smallest absolute Gasteiger partial charge is 0.225 e. The Morgan fingerprint density at radius 3 is 2.87 bits per heavy atom. The van der Waals surface area contributed by atoms with Crippen molar-refractivity contribution in [1.82, 2.24) is 9.97 Å². The van der Waals surface area contributed by atoms with Gasteiger partial charge in [-0.05, 0) is 13.0 Å². The van der Waals surface area contributed by atoms with Crippen LogP contribution in [0.2, 0.25) is 0 Å². The Hall–Kier alpha value is -1.23. The first-order valence-corrected chi connectivity index (χ1v) is 5.21. The van der Waals surface area contributed by atoms with E-state index in [-0.39, 0.29) is 5.92 Å². The van der Waals surface area contributed by atoms with Gasteiger partial charge in [-0.1, -0.05) is 19.1 Å². The van der Waals surface area contributed by atoms with Gasteiger partial charge in [0.1, 0.15) is 0 Å². The molecular formula is C10H16N4S. The average molecular weight is 224 g/mol. The summed E-state index contributed by atoms with van der Waals surface area (Å²) in [7, 11) is 1.93. The molecule has 1 rings (SSSR count). The summed E-state index contributed by atoms with van der Waals surface area (Å²) in [6.07, 6.45) is 1.75. The van der Waals surface area contributed by atoms with E-state index in [4.69, 9.17) is 18.0 Å². The zero-order valence-electron chi connectivity index (χ0n) is 9.27. The van der Waals surface area contributed by atoms with Crippen molar-refractivity contribution in [1.29, 1.82) is 0 Å². The molecule has 0 aliphatic heterocycles. The Balaban J connectivity index is 2.68. The number of thiocarbonyl (C=S) groups is 1. The summed E-state index contributed by atoms with van der Waals surface area (Å²) < 4.78 is 0. The summed E-state index contributed by atoms with van der Waals surface area (Å²) in [5.41, 5.74) is 6.51. The second-order valence-corrected chi connectivity index (χ2v) is 4.15. The quantitative estimate of drug-likeness (QED) is 0.777. The molecule has 0 fully saturated rings. The molecule has 0 bridgehead atoms. The number of anilines is 1. The van der Waals surface area contributed by atoms with Crippen molar-refractivity contribution in [2.24, 2.45) is 11.7 Å². The first-order valence-electron chi connectivity index (χ1n) is 4.81. The number of nitrogens with two attached hydrogens (primary N) is 1. The fourth-order valence-corrected chi connectivity index (χ4v) is 1.28. The van der Waals surface area contributed by atoms with Crippen molar-refractivity contribution in [3.05, 3.63) is 18.0 Å². The minimum atomic E-state index is 0.161. The van der Waals surface area contributed by atoms with Crippen LogP contribution in [-0.4, -0.2) is 28.5 Å². The highest BCUT2D eigenvalue weighted by Crippen LogP contribution is 2.07. The summed E-state index contributed by atoms with van der Waals surface area (Å²) in [5.74, 6) is 0.868. The van der Waals surface area contributed by atoms with Crippen LogP contribution >= 0.6 is 12.2 Å². The highest BCUT2D eigenvalue weighted by molar-refractivity contribution is 7.80. The number of rotatable bonds is 4. The number of aromatic nitrogens is 2. The van der Waals surface area contributed by atoms with Gasteiger partial charge in [-0.3, -0.25) is 0 Å². The second-order valence-electron chi connectivity index (χ2n) is 3.68. The maximum Gasteiger partial charge on any atom is 0.225 e. The lowest BCUT2D eigenvalue weighted by molar-refractivity contribution is 0.724. The summed E-state index contributed by atoms with van der Waals surface area (Å²) in [5, 5.41) is 0. The van der Waals surface area contributed by atoms with Gasteiger partial charge in [-0.25, -0.2) is 9.97 Å². The summed E-state index contributed by atoms with van der Waals surface area (Å²) >= 11 is 4.92. The fourth-order valence-electron chi connectivity index (χ4n) is 1.20. The molecule has 0 radical (unpaired) electrons. The molecule has 1 unspecified atom stereocenters. The largest absolute Gasteiger partial charge is 0.393 e. The van der Waals surface area contributed by atoms with Crippen molar-refractivity contribution < 1.29 is 0 Å². The maximum absolute atomic E-state index is 5.56. The molecule has 0 aliphatic carbocycles. The Bertz CT molecular complexity index is 353. The molecule has 1 aromatic heterocycles. The third-order valence-corrected chi connectivity index (χ3v) is 2.56. The van der Waals surface area contributed by atoms with Gasteiger partial charge in [0.2, 0.25) is 5.95 Å². The van der Waals surface area contributed by atoms with Crippen molar-refractivity contribution in [2.45, 2.75) is 13.8 Å². The summed E-state index contributed by atoms with van der Waals surface area (Å²) in [6.45, 7) is 4.67. The van der Waals surface area contributed by atoms with Crippen LogP contribution in [0.15, 0.2) is 12.3 Å². The molecule has 15 heavy (non-hydrogen) atoms. The van der Waals surface area contributed by atoms with Crippen molar-refractivity contribution >= 4 is 23.2 Å². The Morgan fingerprint density at radius 2 is 2.33 bits per heavy atom. The van der Waals surface area contributed by atoms with E-state index in [1.807, 2.05) is 31.9 Å². The SMILES string of the molecule is Cc1ccnc(N(C)CC(C)C(N)=S)n1. The number of nitrogens with zero attached hydrogens (tertiary/aromatic N) is 3. The van der Waals surface area contributed by atoms with Crippen LogP contribution in [-0.2, 0) is 0 Å². The van der Waals surface area contributed by atoms with E-state index in [0.29, 0.717) is 10.9 Å². The van der Waals surface area contributed by atoms with E-state index in [2.05, 4.69) is 9.97 Å². The van der Waals surface area contributed by atoms with Crippen LogP contribution < -0.4 is 10.6 Å². The molecule has 0 aliphatic rings. The first kappa shape index (κ1) is 11.8. The highest BCUT2D eigenvalue weighted by atomic mass is 32.1. The molecule has 4 nitrogen and oxygen atoms in total. The Morgan fingerprint density at radius 1 is 1.67 bits per heavy atom. The van der Waals surface area contributed by atoms with Gasteiger partial charge in [0.25, 0.3) is 0 Å². The molecule has 5 heteroatoms. The molecule has 1 atom stereocenters. The average Bonchev–Trinajstić information content (AvgIpc) is 2.17. The van der Waals surface area contributed by atoms with Gasteiger partial charge < -0.3 is 10.6 Å². The lowest BCUT2D eigenvalue weighted by atomic mass is 10.2. The minimum absolute atomic E-state index is 0.161. The third-order valence-electron chi connectivity index (χ3n) is 2.16. The van der Waals surface area contributed by atoms with Gasteiger partial charge in [-0.15, -0.1) is 0 Å². The van der Waals surface area contributed by atoms with Crippen LogP contribution in [0.1, 0.15) is 12.6 Å². The number of hydrogen-bond donors (Lipinski definition) is 1. The van der Waals surface area contributed by atoms with Crippen LogP contribution in [0.5, 0.6) is 0 Å². The molecule has 1 heterocycles. The zero-order valence-corrected chi connectivity index (χ0v) is 10.1. The van der Waals surface area contributed by atoms with Crippen molar-refractivity contribution in [3.63, 3.8) is 0 Å². The molecule has 0 spiro atoms. The monoisotopic (exact) mass is 224 g/mol. The number of hydrogen-bond acceptors (Lipinski definition) is 4. The van der Waals surface area contributed by atoms with Crippen molar-refractivity contribution in [3.8, 4) is 0 Å². The first-order chi connectivity index (χ1) is 7.00. The third kappa shape index (κ3) is 3.43. The second kappa shape index (κ2) is 5.02. The van der Waals surface area contributed by atoms with Gasteiger partial charge in [0.05, 0.1) is 4.99 Å². The van der Waals surface area contributed by atoms with E-state index >= 15 is 0 Å². The molecule has 0 saturated heterocycles. The number of aryl methyl sites for hydroxylation is 1. The molecule has 82 valence electrons. The Labute approximate surface area is 95.5 Å². The standard InChI is InChI=1S/C10H16N4S/c1-7(9(11)15)6-14(3)10-12-5-4-8(2)13-10/h4-5,7H,6H2,1-3H3,(H2,11,15). The van der Waals surface area contributed by atoms with E-state index in [9.17, 15) is 0 Å².